The molecule has 0 amide bonds. The smallest absolute Gasteiger partial charge is 0.359 e. The fourth-order valence-electron chi connectivity index (χ4n) is 1.38. The van der Waals surface area contributed by atoms with Crippen molar-refractivity contribution in [3.05, 3.63) is 30.0 Å². The monoisotopic (exact) mass is 204 g/mol. The van der Waals surface area contributed by atoms with Gasteiger partial charge in [0.05, 0.1) is 12.1 Å². The van der Waals surface area contributed by atoms with Gasteiger partial charge in [-0.2, -0.15) is 5.10 Å². The Kier molecular flexibility index (Phi) is 2.67. The lowest BCUT2D eigenvalue weighted by atomic mass is 10.2. The predicted octanol–water partition coefficient (Wildman–Crippen LogP) is 2.13. The van der Waals surface area contributed by atoms with E-state index >= 15 is 0 Å². The minimum absolute atomic E-state index is 0.360. The maximum absolute atomic E-state index is 11.6. The standard InChI is InChI=1S/C11H12N2O2/c1-2-7-15-11(14)10-8-5-3-4-6-9(8)12-13-10/h3-6H,2,7H2,1H3,(H,12,13). The van der Waals surface area contributed by atoms with Gasteiger partial charge in [0, 0.05) is 5.39 Å². The van der Waals surface area contributed by atoms with Gasteiger partial charge in [0.25, 0.3) is 0 Å². The van der Waals surface area contributed by atoms with Crippen LogP contribution in [0.1, 0.15) is 23.8 Å². The average molecular weight is 204 g/mol. The minimum atomic E-state index is -0.366. The molecule has 0 bridgehead atoms. The van der Waals surface area contributed by atoms with Gasteiger partial charge in [0.1, 0.15) is 0 Å². The van der Waals surface area contributed by atoms with Crippen LogP contribution in [0.15, 0.2) is 24.3 Å². The Morgan fingerprint density at radius 1 is 1.47 bits per heavy atom. The summed E-state index contributed by atoms with van der Waals surface area (Å²) in [5, 5.41) is 7.55. The summed E-state index contributed by atoms with van der Waals surface area (Å²) in [7, 11) is 0. The number of H-pyrrole nitrogens is 1. The zero-order chi connectivity index (χ0) is 10.7. The Hall–Kier alpha value is -1.84. The quantitative estimate of drug-likeness (QED) is 0.779. The number of hydrogen-bond acceptors (Lipinski definition) is 3. The van der Waals surface area contributed by atoms with E-state index < -0.39 is 0 Å². The van der Waals surface area contributed by atoms with Crippen molar-refractivity contribution < 1.29 is 9.53 Å². The molecule has 0 saturated carbocycles. The fourth-order valence-corrected chi connectivity index (χ4v) is 1.38. The number of rotatable bonds is 3. The van der Waals surface area contributed by atoms with Gasteiger partial charge in [-0.25, -0.2) is 4.79 Å². The normalized spacial score (nSPS) is 10.5. The summed E-state index contributed by atoms with van der Waals surface area (Å²) in [4.78, 5) is 11.6. The summed E-state index contributed by atoms with van der Waals surface area (Å²) < 4.78 is 5.02. The van der Waals surface area contributed by atoms with Crippen LogP contribution in [-0.2, 0) is 4.74 Å². The van der Waals surface area contributed by atoms with Crippen molar-refractivity contribution in [3.63, 3.8) is 0 Å². The van der Waals surface area contributed by atoms with Gasteiger partial charge in [-0.1, -0.05) is 25.1 Å². The first-order valence-electron chi connectivity index (χ1n) is 4.93. The largest absolute Gasteiger partial charge is 0.461 e. The molecule has 15 heavy (non-hydrogen) atoms. The lowest BCUT2D eigenvalue weighted by Crippen LogP contribution is -2.06. The molecular formula is C11H12N2O2. The molecule has 0 radical (unpaired) electrons. The van der Waals surface area contributed by atoms with Gasteiger partial charge >= 0.3 is 5.97 Å². The second-order valence-corrected chi connectivity index (χ2v) is 3.25. The summed E-state index contributed by atoms with van der Waals surface area (Å²) in [5.74, 6) is -0.366. The van der Waals surface area contributed by atoms with Crippen LogP contribution in [0.4, 0.5) is 0 Å². The van der Waals surface area contributed by atoms with Crippen molar-refractivity contribution in [2.75, 3.05) is 6.61 Å². The van der Waals surface area contributed by atoms with Crippen molar-refractivity contribution in [2.45, 2.75) is 13.3 Å². The van der Waals surface area contributed by atoms with Gasteiger partial charge in [-0.3, -0.25) is 5.10 Å². The van der Waals surface area contributed by atoms with Crippen LogP contribution < -0.4 is 0 Å². The maximum Gasteiger partial charge on any atom is 0.359 e. The number of aromatic nitrogens is 2. The molecule has 0 aliphatic carbocycles. The molecule has 4 nitrogen and oxygen atoms in total. The van der Waals surface area contributed by atoms with E-state index in [2.05, 4.69) is 10.2 Å². The number of nitrogens with zero attached hydrogens (tertiary/aromatic N) is 1. The van der Waals surface area contributed by atoms with E-state index in [1.54, 1.807) is 0 Å². The number of benzene rings is 1. The Bertz CT molecular complexity index is 476. The van der Waals surface area contributed by atoms with Crippen molar-refractivity contribution in [1.29, 1.82) is 0 Å². The Morgan fingerprint density at radius 2 is 2.27 bits per heavy atom. The van der Waals surface area contributed by atoms with Gasteiger partial charge < -0.3 is 4.74 Å². The fraction of sp³-hybridized carbons (Fsp3) is 0.273. The van der Waals surface area contributed by atoms with Crippen LogP contribution in [0.3, 0.4) is 0 Å². The average Bonchev–Trinajstić information content (AvgIpc) is 2.69. The van der Waals surface area contributed by atoms with Gasteiger partial charge in [0.15, 0.2) is 5.69 Å². The number of esters is 1. The third kappa shape index (κ3) is 1.83. The van der Waals surface area contributed by atoms with Crippen molar-refractivity contribution >= 4 is 16.9 Å². The predicted molar refractivity (Wildman–Crippen MR) is 56.7 cm³/mol. The summed E-state index contributed by atoms with van der Waals surface area (Å²) >= 11 is 0. The topological polar surface area (TPSA) is 55.0 Å². The second kappa shape index (κ2) is 4.13. The lowest BCUT2D eigenvalue weighted by molar-refractivity contribution is 0.0500. The highest BCUT2D eigenvalue weighted by Gasteiger charge is 2.14. The third-order valence-electron chi connectivity index (χ3n) is 2.10. The SMILES string of the molecule is CCCOC(=O)c1n[nH]c2ccccc12. The van der Waals surface area contributed by atoms with Crippen LogP contribution in [0.25, 0.3) is 10.9 Å². The summed E-state index contributed by atoms with van der Waals surface area (Å²) in [5.41, 5.74) is 1.21. The zero-order valence-electron chi connectivity index (χ0n) is 8.49. The molecule has 2 aromatic rings. The molecule has 4 heteroatoms. The Morgan fingerprint density at radius 3 is 3.07 bits per heavy atom. The molecule has 2 rings (SSSR count). The zero-order valence-corrected chi connectivity index (χ0v) is 8.49. The highest BCUT2D eigenvalue weighted by molar-refractivity contribution is 6.01. The summed E-state index contributed by atoms with van der Waals surface area (Å²) in [6.45, 7) is 2.38. The molecule has 0 spiro atoms. The highest BCUT2D eigenvalue weighted by atomic mass is 16.5. The first-order valence-corrected chi connectivity index (χ1v) is 4.93. The maximum atomic E-state index is 11.6. The number of fused-ring (bicyclic) bond motifs is 1. The van der Waals surface area contributed by atoms with Crippen LogP contribution >= 0.6 is 0 Å². The molecule has 0 aliphatic heterocycles. The van der Waals surface area contributed by atoms with Gasteiger partial charge in [0.2, 0.25) is 0 Å². The molecule has 1 N–H and O–H groups in total. The van der Waals surface area contributed by atoms with Crippen LogP contribution in [-0.4, -0.2) is 22.8 Å². The molecule has 0 saturated heterocycles. The van der Waals surface area contributed by atoms with Crippen LogP contribution in [0, 0.1) is 0 Å². The van der Waals surface area contributed by atoms with Crippen LogP contribution in [0.5, 0.6) is 0 Å². The molecule has 1 aromatic heterocycles. The van der Waals surface area contributed by atoms with Gasteiger partial charge in [-0.15, -0.1) is 0 Å². The minimum Gasteiger partial charge on any atom is -0.461 e. The molecule has 0 fully saturated rings. The summed E-state index contributed by atoms with van der Waals surface area (Å²) in [6.07, 6.45) is 0.814. The number of carbonyl (C=O) groups is 1. The molecule has 0 aliphatic rings. The van der Waals surface area contributed by atoms with Crippen molar-refractivity contribution in [3.8, 4) is 0 Å². The first kappa shape index (κ1) is 9.71. The number of nitrogens with one attached hydrogen (secondary N) is 1. The third-order valence-corrected chi connectivity index (χ3v) is 2.10. The van der Waals surface area contributed by atoms with E-state index in [0.29, 0.717) is 12.3 Å². The van der Waals surface area contributed by atoms with E-state index in [1.165, 1.54) is 0 Å². The van der Waals surface area contributed by atoms with Gasteiger partial charge in [-0.05, 0) is 12.5 Å². The first-order chi connectivity index (χ1) is 7.33. The van der Waals surface area contributed by atoms with E-state index in [-0.39, 0.29) is 5.97 Å². The Labute approximate surface area is 87.2 Å². The molecule has 0 atom stereocenters. The summed E-state index contributed by atoms with van der Waals surface area (Å²) in [6, 6.07) is 7.48. The number of ether oxygens (including phenoxy) is 1. The molecular weight excluding hydrogens is 192 g/mol. The number of aromatic amines is 1. The molecule has 1 aromatic carbocycles. The van der Waals surface area contributed by atoms with E-state index in [0.717, 1.165) is 17.3 Å². The van der Waals surface area contributed by atoms with E-state index in [4.69, 9.17) is 4.74 Å². The number of carbonyl (C=O) groups excluding carboxylic acids is 1. The number of para-hydroxylation sites is 1. The van der Waals surface area contributed by atoms with E-state index in [9.17, 15) is 4.79 Å². The lowest BCUT2D eigenvalue weighted by Gasteiger charge is -1.99. The molecule has 78 valence electrons. The highest BCUT2D eigenvalue weighted by Crippen LogP contribution is 2.15. The number of hydrogen-bond donors (Lipinski definition) is 1. The molecule has 1 heterocycles. The van der Waals surface area contributed by atoms with E-state index in [1.807, 2.05) is 31.2 Å². The molecule has 0 unspecified atom stereocenters. The second-order valence-electron chi connectivity index (χ2n) is 3.25. The van der Waals surface area contributed by atoms with Crippen LogP contribution in [0.2, 0.25) is 0 Å². The Balaban J connectivity index is 2.31. The van der Waals surface area contributed by atoms with Crippen molar-refractivity contribution in [2.24, 2.45) is 0 Å². The van der Waals surface area contributed by atoms with Crippen molar-refractivity contribution in [1.82, 2.24) is 10.2 Å².